The van der Waals surface area contributed by atoms with Gasteiger partial charge in [0.05, 0.1) is 0 Å². The number of carbonyl (C=O) groups is 1. The van der Waals surface area contributed by atoms with Crippen molar-refractivity contribution in [2.45, 2.75) is 39.0 Å². The van der Waals surface area contributed by atoms with Crippen LogP contribution in [0.3, 0.4) is 0 Å². The molecular formula is C15H19N3O2S. The number of hydrogen-bond acceptors (Lipinski definition) is 5. The monoisotopic (exact) mass is 305 g/mol. The Labute approximate surface area is 127 Å². The highest BCUT2D eigenvalue weighted by molar-refractivity contribution is 7.12. The van der Waals surface area contributed by atoms with Gasteiger partial charge in [-0.1, -0.05) is 5.16 Å². The highest BCUT2D eigenvalue weighted by atomic mass is 32.1. The molecule has 0 saturated heterocycles. The van der Waals surface area contributed by atoms with Crippen molar-refractivity contribution in [2.24, 2.45) is 5.92 Å². The lowest BCUT2D eigenvalue weighted by atomic mass is 10.2. The molecule has 5 nitrogen and oxygen atoms in total. The second-order valence-electron chi connectivity index (χ2n) is 5.53. The van der Waals surface area contributed by atoms with E-state index >= 15 is 0 Å². The van der Waals surface area contributed by atoms with Crippen molar-refractivity contribution in [3.63, 3.8) is 0 Å². The highest BCUT2D eigenvalue weighted by Crippen LogP contribution is 2.49. The van der Waals surface area contributed by atoms with Crippen LogP contribution in [0.2, 0.25) is 0 Å². The van der Waals surface area contributed by atoms with Gasteiger partial charge in [0.25, 0.3) is 0 Å². The first-order valence-corrected chi connectivity index (χ1v) is 8.08. The first-order valence-electron chi connectivity index (χ1n) is 7.26. The fourth-order valence-corrected chi connectivity index (χ4v) is 3.53. The smallest absolute Gasteiger partial charge is 0.226 e. The summed E-state index contributed by atoms with van der Waals surface area (Å²) in [6, 6.07) is 4.27. The first kappa shape index (κ1) is 14.3. The zero-order valence-corrected chi connectivity index (χ0v) is 13.1. The molecule has 0 spiro atoms. The van der Waals surface area contributed by atoms with Crippen molar-refractivity contribution in [2.75, 3.05) is 6.54 Å². The van der Waals surface area contributed by atoms with Crippen molar-refractivity contribution in [1.29, 1.82) is 0 Å². The Hall–Kier alpha value is -1.69. The summed E-state index contributed by atoms with van der Waals surface area (Å²) in [5, 5.41) is 6.75. The number of hydrogen-bond donors (Lipinski definition) is 1. The zero-order chi connectivity index (χ0) is 14.8. The van der Waals surface area contributed by atoms with E-state index in [1.165, 1.54) is 9.75 Å². The van der Waals surface area contributed by atoms with Gasteiger partial charge in [-0.25, -0.2) is 0 Å². The second-order valence-corrected chi connectivity index (χ2v) is 6.85. The molecule has 2 unspecified atom stereocenters. The molecule has 1 fully saturated rings. The Kier molecular flexibility index (Phi) is 4.05. The Morgan fingerprint density at radius 1 is 1.48 bits per heavy atom. The summed E-state index contributed by atoms with van der Waals surface area (Å²) in [7, 11) is 0. The summed E-state index contributed by atoms with van der Waals surface area (Å²) in [6.45, 7) is 4.56. The Bertz CT molecular complexity index is 634. The molecule has 0 aromatic carbocycles. The van der Waals surface area contributed by atoms with E-state index in [9.17, 15) is 4.79 Å². The number of amides is 1. The number of thiophene rings is 1. The summed E-state index contributed by atoms with van der Waals surface area (Å²) in [6.07, 6.45) is 2.51. The summed E-state index contributed by atoms with van der Waals surface area (Å²) < 4.78 is 5.04. The fraction of sp³-hybridized carbons (Fsp3) is 0.533. The van der Waals surface area contributed by atoms with E-state index in [0.717, 1.165) is 12.8 Å². The van der Waals surface area contributed by atoms with E-state index in [0.29, 0.717) is 30.6 Å². The molecule has 21 heavy (non-hydrogen) atoms. The predicted octanol–water partition coefficient (Wildman–Crippen LogP) is 2.60. The second kappa shape index (κ2) is 5.97. The van der Waals surface area contributed by atoms with Crippen LogP contribution in [-0.4, -0.2) is 22.6 Å². The lowest BCUT2D eigenvalue weighted by Crippen LogP contribution is -2.26. The molecule has 1 amide bonds. The Morgan fingerprint density at radius 3 is 3.00 bits per heavy atom. The number of rotatable bonds is 6. The van der Waals surface area contributed by atoms with Gasteiger partial charge >= 0.3 is 0 Å². The summed E-state index contributed by atoms with van der Waals surface area (Å²) in [5.74, 6) is 2.06. The largest absolute Gasteiger partial charge is 0.356 e. The van der Waals surface area contributed by atoms with Crippen molar-refractivity contribution in [1.82, 2.24) is 15.5 Å². The minimum Gasteiger partial charge on any atom is -0.356 e. The molecule has 0 bridgehead atoms. The lowest BCUT2D eigenvalue weighted by Gasteiger charge is -2.03. The number of nitrogens with zero attached hydrogens (tertiary/aromatic N) is 2. The fourth-order valence-electron chi connectivity index (χ4n) is 2.48. The Balaban J connectivity index is 1.38. The molecule has 1 saturated carbocycles. The van der Waals surface area contributed by atoms with Crippen LogP contribution in [0.1, 0.15) is 40.2 Å². The quantitative estimate of drug-likeness (QED) is 0.833. The van der Waals surface area contributed by atoms with Crippen molar-refractivity contribution < 1.29 is 9.32 Å². The third-order valence-corrected chi connectivity index (χ3v) is 4.82. The minimum absolute atomic E-state index is 0.161. The maximum atomic E-state index is 12.1. The predicted molar refractivity (Wildman–Crippen MR) is 80.3 cm³/mol. The van der Waals surface area contributed by atoms with Gasteiger partial charge in [-0.3, -0.25) is 4.79 Å². The van der Waals surface area contributed by atoms with E-state index in [1.54, 1.807) is 18.3 Å². The average molecular weight is 305 g/mol. The number of carbonyl (C=O) groups excluding carboxylic acids is 1. The molecule has 1 N–H and O–H groups in total. The number of aryl methyl sites for hydroxylation is 3. The normalized spacial score (nSPS) is 20.5. The van der Waals surface area contributed by atoms with Gasteiger partial charge in [-0.15, -0.1) is 11.3 Å². The summed E-state index contributed by atoms with van der Waals surface area (Å²) >= 11 is 1.80. The van der Waals surface area contributed by atoms with Crippen LogP contribution in [0.5, 0.6) is 0 Å². The van der Waals surface area contributed by atoms with Crippen molar-refractivity contribution in [3.05, 3.63) is 33.6 Å². The SMILES string of the molecule is Cc1noc(CCCNC(=O)C2CC2c2ccc(C)s2)n1. The van der Waals surface area contributed by atoms with Crippen molar-refractivity contribution in [3.8, 4) is 0 Å². The van der Waals surface area contributed by atoms with Crippen LogP contribution in [-0.2, 0) is 11.2 Å². The molecule has 112 valence electrons. The van der Waals surface area contributed by atoms with Crippen LogP contribution in [0.4, 0.5) is 0 Å². The van der Waals surface area contributed by atoms with E-state index in [-0.39, 0.29) is 11.8 Å². The van der Waals surface area contributed by atoms with E-state index < -0.39 is 0 Å². The molecule has 2 aromatic rings. The van der Waals surface area contributed by atoms with E-state index in [2.05, 4.69) is 34.5 Å². The topological polar surface area (TPSA) is 68.0 Å². The molecule has 0 aliphatic heterocycles. The number of aromatic nitrogens is 2. The molecule has 2 atom stereocenters. The van der Waals surface area contributed by atoms with E-state index in [4.69, 9.17) is 4.52 Å². The first-order chi connectivity index (χ1) is 10.1. The molecule has 6 heteroatoms. The average Bonchev–Trinajstić information content (AvgIpc) is 2.98. The standard InChI is InChI=1S/C15H19N3O2S/c1-9-5-6-13(21-9)11-8-12(11)15(19)16-7-3-4-14-17-10(2)18-20-14/h5-6,11-12H,3-4,7-8H2,1-2H3,(H,16,19). The molecular weight excluding hydrogens is 286 g/mol. The maximum Gasteiger partial charge on any atom is 0.226 e. The van der Waals surface area contributed by atoms with E-state index in [1.807, 2.05) is 0 Å². The van der Waals surface area contributed by atoms with Gasteiger partial charge in [-0.2, -0.15) is 4.98 Å². The maximum absolute atomic E-state index is 12.1. The molecule has 1 aliphatic carbocycles. The van der Waals surface area contributed by atoms with Gasteiger partial charge in [-0.05, 0) is 38.8 Å². The number of nitrogens with one attached hydrogen (secondary N) is 1. The van der Waals surface area contributed by atoms with Gasteiger partial charge in [0.2, 0.25) is 11.8 Å². The van der Waals surface area contributed by atoms with Crippen LogP contribution in [0.25, 0.3) is 0 Å². The minimum atomic E-state index is 0.161. The van der Waals surface area contributed by atoms with Crippen molar-refractivity contribution >= 4 is 17.2 Å². The lowest BCUT2D eigenvalue weighted by molar-refractivity contribution is -0.122. The zero-order valence-electron chi connectivity index (χ0n) is 12.3. The van der Waals surface area contributed by atoms with Gasteiger partial charge in [0, 0.05) is 34.6 Å². The molecule has 1 aliphatic rings. The molecule has 2 heterocycles. The summed E-state index contributed by atoms with van der Waals surface area (Å²) in [5.41, 5.74) is 0. The van der Waals surface area contributed by atoms with Crippen LogP contribution in [0.15, 0.2) is 16.7 Å². The van der Waals surface area contributed by atoms with Crippen LogP contribution in [0, 0.1) is 19.8 Å². The van der Waals surface area contributed by atoms with Gasteiger partial charge in [0.15, 0.2) is 5.82 Å². The highest BCUT2D eigenvalue weighted by Gasteiger charge is 2.44. The van der Waals surface area contributed by atoms with Gasteiger partial charge in [0.1, 0.15) is 0 Å². The van der Waals surface area contributed by atoms with Gasteiger partial charge < -0.3 is 9.84 Å². The van der Waals surface area contributed by atoms with Crippen LogP contribution >= 0.6 is 11.3 Å². The van der Waals surface area contributed by atoms with Crippen LogP contribution < -0.4 is 5.32 Å². The Morgan fingerprint density at radius 2 is 2.33 bits per heavy atom. The molecule has 2 aromatic heterocycles. The third kappa shape index (κ3) is 3.50. The molecule has 3 rings (SSSR count). The summed E-state index contributed by atoms with van der Waals surface area (Å²) in [4.78, 5) is 18.8. The molecule has 0 radical (unpaired) electrons. The third-order valence-electron chi connectivity index (χ3n) is 3.69.